The lowest BCUT2D eigenvalue weighted by Gasteiger charge is -2.05. The predicted octanol–water partition coefficient (Wildman–Crippen LogP) is 1.99. The van der Waals surface area contributed by atoms with Gasteiger partial charge in [0.25, 0.3) is 0 Å². The summed E-state index contributed by atoms with van der Waals surface area (Å²) < 4.78 is 0. The van der Waals surface area contributed by atoms with Crippen LogP contribution >= 0.6 is 0 Å². The first kappa shape index (κ1) is 13.1. The maximum Gasteiger partial charge on any atom is 0.224 e. The number of carbonyl (C=O) groups is 1. The Morgan fingerprint density at radius 1 is 1.22 bits per heavy atom. The van der Waals surface area contributed by atoms with E-state index in [9.17, 15) is 4.79 Å². The van der Waals surface area contributed by atoms with Crippen LogP contribution in [0.5, 0.6) is 0 Å². The van der Waals surface area contributed by atoms with Gasteiger partial charge < -0.3 is 11.1 Å². The van der Waals surface area contributed by atoms with Gasteiger partial charge in [-0.25, -0.2) is 0 Å². The van der Waals surface area contributed by atoms with Gasteiger partial charge in [-0.1, -0.05) is 37.1 Å². The molecule has 3 N–H and O–H groups in total. The second-order valence-electron chi connectivity index (χ2n) is 5.13. The highest BCUT2D eigenvalue weighted by molar-refractivity contribution is 5.78. The van der Waals surface area contributed by atoms with Gasteiger partial charge in [-0.3, -0.25) is 4.79 Å². The van der Waals surface area contributed by atoms with E-state index < -0.39 is 0 Å². The van der Waals surface area contributed by atoms with Crippen molar-refractivity contribution in [1.82, 2.24) is 5.32 Å². The average molecular weight is 246 g/mol. The van der Waals surface area contributed by atoms with E-state index in [-0.39, 0.29) is 5.91 Å². The molecule has 0 aliphatic heterocycles. The average Bonchev–Trinajstić information content (AvgIpc) is 3.20. The van der Waals surface area contributed by atoms with E-state index in [0.717, 1.165) is 30.0 Å². The molecule has 98 valence electrons. The Morgan fingerprint density at radius 2 is 1.89 bits per heavy atom. The van der Waals surface area contributed by atoms with Crippen LogP contribution < -0.4 is 11.1 Å². The fourth-order valence-corrected chi connectivity index (χ4v) is 2.07. The van der Waals surface area contributed by atoms with E-state index in [4.69, 9.17) is 5.73 Å². The second kappa shape index (κ2) is 6.55. The first-order chi connectivity index (χ1) is 8.78. The van der Waals surface area contributed by atoms with E-state index in [1.165, 1.54) is 19.3 Å². The van der Waals surface area contributed by atoms with Crippen LogP contribution in [0.3, 0.4) is 0 Å². The van der Waals surface area contributed by atoms with Crippen molar-refractivity contribution >= 4 is 5.91 Å². The van der Waals surface area contributed by atoms with Crippen LogP contribution in [0.2, 0.25) is 0 Å². The highest BCUT2D eigenvalue weighted by Gasteiger charge is 2.20. The Morgan fingerprint density at radius 3 is 2.50 bits per heavy atom. The van der Waals surface area contributed by atoms with Crippen molar-refractivity contribution in [2.45, 2.75) is 38.6 Å². The fourth-order valence-electron chi connectivity index (χ4n) is 2.07. The molecule has 1 aromatic carbocycles. The highest BCUT2D eigenvalue weighted by atomic mass is 16.1. The minimum atomic E-state index is 0.117. The van der Waals surface area contributed by atoms with Gasteiger partial charge in [0.05, 0.1) is 6.42 Å². The van der Waals surface area contributed by atoms with Gasteiger partial charge in [0.1, 0.15) is 0 Å². The molecule has 1 aliphatic carbocycles. The van der Waals surface area contributed by atoms with E-state index in [1.807, 2.05) is 24.3 Å². The van der Waals surface area contributed by atoms with Gasteiger partial charge >= 0.3 is 0 Å². The molecule has 2 rings (SSSR count). The third kappa shape index (κ3) is 4.49. The summed E-state index contributed by atoms with van der Waals surface area (Å²) in [5.74, 6) is 1.07. The van der Waals surface area contributed by atoms with E-state index >= 15 is 0 Å². The third-order valence-electron chi connectivity index (χ3n) is 3.43. The smallest absolute Gasteiger partial charge is 0.224 e. The quantitative estimate of drug-likeness (QED) is 0.723. The Labute approximate surface area is 109 Å². The van der Waals surface area contributed by atoms with Crippen molar-refractivity contribution in [2.75, 3.05) is 6.54 Å². The minimum absolute atomic E-state index is 0.117. The number of hydrogen-bond acceptors (Lipinski definition) is 2. The Kier molecular flexibility index (Phi) is 4.76. The van der Waals surface area contributed by atoms with Gasteiger partial charge in [-0.05, 0) is 29.9 Å². The summed E-state index contributed by atoms with van der Waals surface area (Å²) in [5, 5.41) is 2.98. The molecule has 0 heterocycles. The third-order valence-corrected chi connectivity index (χ3v) is 3.43. The Bertz CT molecular complexity index is 382. The summed E-state index contributed by atoms with van der Waals surface area (Å²) in [6, 6.07) is 7.92. The summed E-state index contributed by atoms with van der Waals surface area (Å²) in [5.41, 5.74) is 7.68. The van der Waals surface area contributed by atoms with Crippen LogP contribution in [0.1, 0.15) is 36.8 Å². The van der Waals surface area contributed by atoms with Crippen LogP contribution in [0.4, 0.5) is 0 Å². The highest BCUT2D eigenvalue weighted by Crippen LogP contribution is 2.33. The van der Waals surface area contributed by atoms with Crippen molar-refractivity contribution in [1.29, 1.82) is 0 Å². The summed E-state index contributed by atoms with van der Waals surface area (Å²) in [6.45, 7) is 1.36. The zero-order valence-corrected chi connectivity index (χ0v) is 10.8. The monoisotopic (exact) mass is 246 g/mol. The molecule has 0 saturated heterocycles. The first-order valence-corrected chi connectivity index (χ1v) is 6.82. The van der Waals surface area contributed by atoms with Crippen molar-refractivity contribution in [3.63, 3.8) is 0 Å². The number of nitrogens with two attached hydrogens (primary N) is 1. The van der Waals surface area contributed by atoms with Crippen molar-refractivity contribution in [2.24, 2.45) is 11.7 Å². The molecule has 1 aliphatic rings. The van der Waals surface area contributed by atoms with Crippen LogP contribution in [-0.4, -0.2) is 12.5 Å². The molecule has 1 fully saturated rings. The lowest BCUT2D eigenvalue weighted by atomic mass is 10.1. The molecular formula is C15H22N2O. The Hall–Kier alpha value is -1.35. The number of benzene rings is 1. The first-order valence-electron chi connectivity index (χ1n) is 6.82. The topological polar surface area (TPSA) is 55.1 Å². The molecule has 0 bridgehead atoms. The summed E-state index contributed by atoms with van der Waals surface area (Å²) in [7, 11) is 0. The minimum Gasteiger partial charge on any atom is -0.356 e. The molecule has 1 aromatic rings. The zero-order chi connectivity index (χ0) is 12.8. The standard InChI is InChI=1S/C15H22N2O/c16-11-14-7-5-13(6-8-14)10-15(18)17-9-1-2-12-3-4-12/h5-8,12H,1-4,9-11,16H2,(H,17,18). The normalized spacial score (nSPS) is 14.5. The van der Waals surface area contributed by atoms with Gasteiger partial charge in [0.15, 0.2) is 0 Å². The molecule has 1 amide bonds. The molecule has 3 nitrogen and oxygen atoms in total. The predicted molar refractivity (Wildman–Crippen MR) is 73.0 cm³/mol. The molecule has 1 saturated carbocycles. The van der Waals surface area contributed by atoms with Crippen LogP contribution in [0, 0.1) is 5.92 Å². The fraction of sp³-hybridized carbons (Fsp3) is 0.533. The van der Waals surface area contributed by atoms with Gasteiger partial charge in [-0.15, -0.1) is 0 Å². The SMILES string of the molecule is NCc1ccc(CC(=O)NCCCC2CC2)cc1. The van der Waals surface area contributed by atoms with Crippen LogP contribution in [0.25, 0.3) is 0 Å². The number of amides is 1. The van der Waals surface area contributed by atoms with Crippen LogP contribution in [0.15, 0.2) is 24.3 Å². The summed E-state index contributed by atoms with van der Waals surface area (Å²) in [4.78, 5) is 11.7. The number of nitrogens with one attached hydrogen (secondary N) is 1. The number of rotatable bonds is 7. The van der Waals surface area contributed by atoms with Gasteiger partial charge in [0, 0.05) is 13.1 Å². The molecule has 0 radical (unpaired) electrons. The molecule has 3 heteroatoms. The summed E-state index contributed by atoms with van der Waals surface area (Å²) in [6.07, 6.45) is 5.63. The Balaban J connectivity index is 1.65. The zero-order valence-electron chi connectivity index (χ0n) is 10.8. The maximum absolute atomic E-state index is 11.7. The maximum atomic E-state index is 11.7. The van der Waals surface area contributed by atoms with Crippen molar-refractivity contribution < 1.29 is 4.79 Å². The number of hydrogen-bond donors (Lipinski definition) is 2. The summed E-state index contributed by atoms with van der Waals surface area (Å²) >= 11 is 0. The van der Waals surface area contributed by atoms with Crippen molar-refractivity contribution in [3.8, 4) is 0 Å². The number of carbonyl (C=O) groups excluding carboxylic acids is 1. The lowest BCUT2D eigenvalue weighted by Crippen LogP contribution is -2.26. The molecule has 0 spiro atoms. The molecule has 0 aromatic heterocycles. The molecule has 0 atom stereocenters. The molecule has 18 heavy (non-hydrogen) atoms. The van der Waals surface area contributed by atoms with Gasteiger partial charge in [-0.2, -0.15) is 0 Å². The molecular weight excluding hydrogens is 224 g/mol. The van der Waals surface area contributed by atoms with Crippen LogP contribution in [-0.2, 0) is 17.8 Å². The van der Waals surface area contributed by atoms with Gasteiger partial charge in [0.2, 0.25) is 5.91 Å². The van der Waals surface area contributed by atoms with E-state index in [0.29, 0.717) is 13.0 Å². The molecule has 0 unspecified atom stereocenters. The second-order valence-corrected chi connectivity index (χ2v) is 5.13. The largest absolute Gasteiger partial charge is 0.356 e. The van der Waals surface area contributed by atoms with E-state index in [2.05, 4.69) is 5.32 Å². The van der Waals surface area contributed by atoms with E-state index in [1.54, 1.807) is 0 Å². The van der Waals surface area contributed by atoms with Crippen molar-refractivity contribution in [3.05, 3.63) is 35.4 Å². The lowest BCUT2D eigenvalue weighted by molar-refractivity contribution is -0.120.